The van der Waals surface area contributed by atoms with Crippen LogP contribution in [0, 0.1) is 0 Å². The van der Waals surface area contributed by atoms with Crippen LogP contribution in [0.2, 0.25) is 0 Å². The molecule has 0 radical (unpaired) electrons. The zero-order valence-electron chi connectivity index (χ0n) is 55.5. The van der Waals surface area contributed by atoms with Gasteiger partial charge in [-0.1, -0.05) is 21.6 Å². The number of aromatic nitrogens is 6. The number of aryl methyl sites for hydroxylation is 2. The van der Waals surface area contributed by atoms with Crippen LogP contribution in [0.3, 0.4) is 0 Å². The smallest absolute Gasteiger partial charge is 0.187 e. The molecule has 6 saturated heterocycles. The molecule has 100 heavy (non-hydrogen) atoms. The third kappa shape index (κ3) is 17.0. The number of hydrogen-bond donors (Lipinski definition) is 24. The van der Waals surface area contributed by atoms with Crippen LogP contribution in [0.1, 0.15) is 50.9 Å². The molecule has 2 aromatic heterocycles. The van der Waals surface area contributed by atoms with Gasteiger partial charge in [0, 0.05) is 62.7 Å². The van der Waals surface area contributed by atoms with Crippen molar-refractivity contribution in [2.24, 2.45) is 68.8 Å². The van der Waals surface area contributed by atoms with E-state index in [1.165, 1.54) is 9.36 Å². The maximum atomic E-state index is 12.1. The maximum absolute atomic E-state index is 12.1. The summed E-state index contributed by atoms with van der Waals surface area (Å²) in [6.07, 6.45) is -36.7. The van der Waals surface area contributed by atoms with Crippen molar-refractivity contribution in [3.05, 3.63) is 34.9 Å². The largest absolute Gasteiger partial charge is 0.389 e. The highest BCUT2D eigenvalue weighted by molar-refractivity contribution is 5.14. The highest BCUT2D eigenvalue weighted by atomic mass is 16.8. The Morgan fingerprint density at radius 2 is 0.630 bits per heavy atom. The molecule has 38 atom stereocenters. The van der Waals surface area contributed by atoms with E-state index >= 15 is 0 Å². The van der Waals surface area contributed by atoms with E-state index in [2.05, 4.69) is 20.6 Å². The fraction of sp³-hybridized carbons (Fsp3) is 0.897. The first-order chi connectivity index (χ1) is 47.5. The maximum Gasteiger partial charge on any atom is 0.187 e. The van der Waals surface area contributed by atoms with Gasteiger partial charge in [-0.15, -0.1) is 10.2 Å². The van der Waals surface area contributed by atoms with Crippen molar-refractivity contribution in [1.82, 2.24) is 30.0 Å². The zero-order valence-corrected chi connectivity index (χ0v) is 55.5. The third-order valence-electron chi connectivity index (χ3n) is 20.5. The monoisotopic (exact) mass is 1440 g/mol. The van der Waals surface area contributed by atoms with Gasteiger partial charge in [0.1, 0.15) is 134 Å². The Balaban J connectivity index is 0.791. The zero-order chi connectivity index (χ0) is 72.6. The van der Waals surface area contributed by atoms with E-state index < -0.39 is 233 Å². The lowest BCUT2D eigenvalue weighted by molar-refractivity contribution is -0.306. The SMILES string of the molecule is C/C(CCc1cn(C[C@H]2O[C@@H](O[C@H]3C(O[C@H]4OC(CN)C(O)[C@H](O)C4N)C(N)C[C@@H](N)C3O)[C@@H](O)C2O[C@H]2O[C@@H](CN)C(O)C(O)C2N)nn1)=C(/C)CCc1cn(C[C@H]2O[C@@H](O[C@H]3C(O[C@H]4OC(CN)C(O)[C@H](O)C4N)C(N)C[C@@H](N)C3O)[C@@H](O)C2O[C@H]2O[C@@H](CN)C(O)C(O)C2N)nn1. The van der Waals surface area contributed by atoms with E-state index in [-0.39, 0.29) is 52.1 Å². The van der Waals surface area contributed by atoms with Crippen LogP contribution in [-0.4, -0.2) is 350 Å². The molecule has 8 heterocycles. The number of hydrogen-bond acceptors (Lipinski definition) is 40. The van der Waals surface area contributed by atoms with E-state index in [0.717, 1.165) is 11.1 Å². The van der Waals surface area contributed by atoms with Gasteiger partial charge in [-0.3, -0.25) is 0 Å². The molecule has 2 aromatic rings. The molecule has 572 valence electrons. The molecule has 0 aromatic carbocycles. The molecule has 0 spiro atoms. The molecular formula is C58H106N18O24. The number of aliphatic hydroxyl groups excluding tert-OH is 12. The molecule has 42 nitrogen and oxygen atoms in total. The molecule has 8 fully saturated rings. The summed E-state index contributed by atoms with van der Waals surface area (Å²) in [6, 6.07) is -9.07. The summed E-state index contributed by atoms with van der Waals surface area (Å²) in [6.45, 7) is 2.80. The van der Waals surface area contributed by atoms with Crippen molar-refractivity contribution in [1.29, 1.82) is 0 Å². The molecule has 10 rings (SSSR count). The minimum atomic E-state index is -1.69. The average molecular weight is 1440 g/mol. The second kappa shape index (κ2) is 34.0. The molecule has 20 unspecified atom stereocenters. The van der Waals surface area contributed by atoms with Crippen molar-refractivity contribution >= 4 is 0 Å². The summed E-state index contributed by atoms with van der Waals surface area (Å²) in [7, 11) is 0. The van der Waals surface area contributed by atoms with Crippen LogP contribution in [0.5, 0.6) is 0 Å². The van der Waals surface area contributed by atoms with Crippen LogP contribution >= 0.6 is 0 Å². The first-order valence-electron chi connectivity index (χ1n) is 33.8. The normalized spacial score (nSPS) is 47.6. The molecule has 36 N–H and O–H groups in total. The topological polar surface area (TPSA) is 727 Å². The lowest BCUT2D eigenvalue weighted by Gasteiger charge is -2.47. The van der Waals surface area contributed by atoms with Crippen LogP contribution in [-0.2, 0) is 82.8 Å². The number of allylic oxidation sites excluding steroid dienone is 2. The van der Waals surface area contributed by atoms with Crippen LogP contribution in [0.25, 0.3) is 0 Å². The first-order valence-corrected chi connectivity index (χ1v) is 33.8. The van der Waals surface area contributed by atoms with E-state index in [1.807, 2.05) is 13.8 Å². The number of nitrogens with zero attached hydrogens (tertiary/aromatic N) is 6. The van der Waals surface area contributed by atoms with Gasteiger partial charge in [-0.05, 0) is 52.4 Å². The summed E-state index contributed by atoms with van der Waals surface area (Å²) < 4.78 is 76.7. The molecule has 2 saturated carbocycles. The highest BCUT2D eigenvalue weighted by Crippen LogP contribution is 2.38. The highest BCUT2D eigenvalue weighted by Gasteiger charge is 2.58. The number of ether oxygens (including phenoxy) is 12. The lowest BCUT2D eigenvalue weighted by atomic mass is 9.84. The molecule has 2 aliphatic carbocycles. The Kier molecular flexibility index (Phi) is 26.9. The van der Waals surface area contributed by atoms with Gasteiger partial charge in [0.05, 0.1) is 60.9 Å². The van der Waals surface area contributed by atoms with Gasteiger partial charge in [0.2, 0.25) is 0 Å². The van der Waals surface area contributed by atoms with Crippen LogP contribution in [0.15, 0.2) is 23.5 Å². The summed E-state index contributed by atoms with van der Waals surface area (Å²) >= 11 is 0. The molecule has 42 heteroatoms. The fourth-order valence-electron chi connectivity index (χ4n) is 14.0. The second-order valence-corrected chi connectivity index (χ2v) is 27.6. The van der Waals surface area contributed by atoms with Crippen molar-refractivity contribution in [2.45, 2.75) is 298 Å². The molecule has 6 aliphatic heterocycles. The predicted octanol–water partition coefficient (Wildman–Crippen LogP) is -15.0. The Morgan fingerprint density at radius 3 is 0.920 bits per heavy atom. The molecular weight excluding hydrogens is 1330 g/mol. The third-order valence-corrected chi connectivity index (χ3v) is 20.5. The quantitative estimate of drug-likeness (QED) is 0.0389. The average Bonchev–Trinajstić information content (AvgIpc) is 1.37. The first kappa shape index (κ1) is 79.2. The summed E-state index contributed by atoms with van der Waals surface area (Å²) in [5.74, 6) is 0. The van der Waals surface area contributed by atoms with Gasteiger partial charge in [-0.25, -0.2) is 9.36 Å². The second-order valence-electron chi connectivity index (χ2n) is 27.6. The number of rotatable bonds is 26. The fourth-order valence-corrected chi connectivity index (χ4v) is 14.0. The van der Waals surface area contributed by atoms with Crippen molar-refractivity contribution in [3.63, 3.8) is 0 Å². The Hall–Kier alpha value is -3.42. The van der Waals surface area contributed by atoms with Gasteiger partial charge >= 0.3 is 0 Å². The summed E-state index contributed by atoms with van der Waals surface area (Å²) in [5.41, 5.74) is 77.4. The van der Waals surface area contributed by atoms with E-state index in [1.54, 1.807) is 12.4 Å². The van der Waals surface area contributed by atoms with Crippen molar-refractivity contribution < 1.29 is 118 Å². The minimum absolute atomic E-state index is 0.0265. The molecule has 8 aliphatic rings. The van der Waals surface area contributed by atoms with Crippen molar-refractivity contribution in [3.8, 4) is 0 Å². The van der Waals surface area contributed by atoms with Gasteiger partial charge in [0.15, 0.2) is 37.7 Å². The Labute approximate surface area is 574 Å². The summed E-state index contributed by atoms with van der Waals surface area (Å²) in [4.78, 5) is 0. The van der Waals surface area contributed by atoms with E-state index in [0.29, 0.717) is 37.1 Å². The lowest BCUT2D eigenvalue weighted by Crippen LogP contribution is -2.68. The Morgan fingerprint density at radius 1 is 0.360 bits per heavy atom. The van der Waals surface area contributed by atoms with Crippen molar-refractivity contribution in [2.75, 3.05) is 26.2 Å². The van der Waals surface area contributed by atoms with E-state index in [4.69, 9.17) is 126 Å². The van der Waals surface area contributed by atoms with Gasteiger partial charge in [0.25, 0.3) is 0 Å². The van der Waals surface area contributed by atoms with E-state index in [9.17, 15) is 61.3 Å². The minimum Gasteiger partial charge on any atom is -0.389 e. The standard InChI is InChI=1S/C58H106N18O24/c1-17(3-5-19-13-75(73-71-19)15-29-49(97-55-33(69)43(85)39(81)27(11-61)91-55)45(87)57(93-29)99-51-35(77)21(63)7-23(65)47(51)95-53-31(67)41(83)37(79)25(9-59)89-53)18(2)4-6-20-14-76(74-72-20)16-30-50(98-56-34(70)44(86)40(82)28(12-62)92-56)46(88)58(94-30)100-52-36(78)22(64)8-24(66)48(52)96-54-32(68)42(84)38(80)26(10-60)90-54/h13-14,21-58,77-88H,3-12,15-16,59-70H2,1-2H3/b18-17+/t21-,22-,23?,24?,25?,26?,27+,28+,29-,30-,31?,32?,33?,34?,35?,36?,37?,38?,39?,40?,41-,42-,43?,44?,45+,46+,47?,48?,49?,50?,51-,52-,53-,54-,55-,56-,57+,58+/m1/s1. The molecule has 0 amide bonds. The molecule has 0 bridgehead atoms. The predicted molar refractivity (Wildman–Crippen MR) is 338 cm³/mol. The number of aliphatic hydroxyl groups is 12. The summed E-state index contributed by atoms with van der Waals surface area (Å²) in [5, 5.41) is 150. The number of nitrogens with two attached hydrogens (primary N) is 12. The van der Waals surface area contributed by atoms with Crippen LogP contribution in [0.4, 0.5) is 0 Å². The van der Waals surface area contributed by atoms with Crippen LogP contribution < -0.4 is 68.8 Å². The van der Waals surface area contributed by atoms with Gasteiger partial charge in [-0.2, -0.15) is 0 Å². The van der Waals surface area contributed by atoms with Gasteiger partial charge < -0.3 is 187 Å². The Bertz CT molecular complexity index is 2740.